The Balaban J connectivity index is 1.74. The summed E-state index contributed by atoms with van der Waals surface area (Å²) in [5.41, 5.74) is 2.61. The van der Waals surface area contributed by atoms with Crippen molar-refractivity contribution >= 4 is 15.9 Å². The standard InChI is InChI=1S/C19H13BrN4O2/c1-12-2-8-15(9-3-12)24-11-10-16(25)17(22-24)19-21-18(23-26-19)13-4-6-14(20)7-5-13/h2-11H,1H3. The van der Waals surface area contributed by atoms with Crippen LogP contribution in [0.15, 0.2) is 74.6 Å². The average Bonchev–Trinajstić information content (AvgIpc) is 3.13. The molecular formula is C19H13BrN4O2. The maximum atomic E-state index is 12.2. The largest absolute Gasteiger partial charge is 0.332 e. The highest BCUT2D eigenvalue weighted by molar-refractivity contribution is 9.10. The van der Waals surface area contributed by atoms with Crippen molar-refractivity contribution in [3.05, 3.63) is 81.1 Å². The van der Waals surface area contributed by atoms with E-state index in [4.69, 9.17) is 4.52 Å². The molecule has 4 aromatic rings. The van der Waals surface area contributed by atoms with Crippen LogP contribution in [-0.2, 0) is 0 Å². The summed E-state index contributed by atoms with van der Waals surface area (Å²) in [4.78, 5) is 16.6. The summed E-state index contributed by atoms with van der Waals surface area (Å²) in [5, 5.41) is 8.32. The normalized spacial score (nSPS) is 10.8. The molecule has 0 unspecified atom stereocenters. The van der Waals surface area contributed by atoms with Gasteiger partial charge in [-0.05, 0) is 43.3 Å². The zero-order chi connectivity index (χ0) is 18.1. The summed E-state index contributed by atoms with van der Waals surface area (Å²) < 4.78 is 7.84. The van der Waals surface area contributed by atoms with Gasteiger partial charge in [0.2, 0.25) is 11.3 Å². The van der Waals surface area contributed by atoms with E-state index in [0.29, 0.717) is 5.82 Å². The Kier molecular flexibility index (Phi) is 4.22. The van der Waals surface area contributed by atoms with Crippen LogP contribution in [0.4, 0.5) is 0 Å². The molecule has 128 valence electrons. The number of aromatic nitrogens is 4. The molecule has 6 nitrogen and oxygen atoms in total. The van der Waals surface area contributed by atoms with Crippen molar-refractivity contribution in [3.63, 3.8) is 0 Å². The summed E-state index contributed by atoms with van der Waals surface area (Å²) in [5.74, 6) is 0.494. The third kappa shape index (κ3) is 3.21. The van der Waals surface area contributed by atoms with Gasteiger partial charge in [-0.1, -0.05) is 38.8 Å². The lowest BCUT2D eigenvalue weighted by Crippen LogP contribution is -2.12. The minimum Gasteiger partial charge on any atom is -0.332 e. The molecule has 0 amide bonds. The van der Waals surface area contributed by atoms with Gasteiger partial charge in [-0.25, -0.2) is 4.68 Å². The van der Waals surface area contributed by atoms with Crippen LogP contribution in [-0.4, -0.2) is 19.9 Å². The second kappa shape index (κ2) is 6.68. The first-order valence-corrected chi connectivity index (χ1v) is 8.66. The van der Waals surface area contributed by atoms with Crippen LogP contribution >= 0.6 is 15.9 Å². The fourth-order valence-corrected chi connectivity index (χ4v) is 2.70. The number of rotatable bonds is 3. The number of halogens is 1. The zero-order valence-electron chi connectivity index (χ0n) is 13.8. The van der Waals surface area contributed by atoms with Gasteiger partial charge in [0.25, 0.3) is 5.89 Å². The molecule has 4 rings (SSSR count). The van der Waals surface area contributed by atoms with E-state index in [2.05, 4.69) is 31.2 Å². The molecule has 0 N–H and O–H groups in total. The van der Waals surface area contributed by atoms with Crippen LogP contribution in [0.5, 0.6) is 0 Å². The molecule has 2 aromatic heterocycles. The molecule has 0 fully saturated rings. The topological polar surface area (TPSA) is 73.8 Å². The predicted octanol–water partition coefficient (Wildman–Crippen LogP) is 4.02. The smallest absolute Gasteiger partial charge is 0.282 e. The van der Waals surface area contributed by atoms with Gasteiger partial charge >= 0.3 is 0 Å². The highest BCUT2D eigenvalue weighted by Gasteiger charge is 2.16. The molecule has 0 atom stereocenters. The molecule has 0 aliphatic rings. The van der Waals surface area contributed by atoms with E-state index < -0.39 is 0 Å². The second-order valence-electron chi connectivity index (χ2n) is 5.74. The predicted molar refractivity (Wildman–Crippen MR) is 101 cm³/mol. The summed E-state index contributed by atoms with van der Waals surface area (Å²) >= 11 is 3.39. The molecule has 0 bridgehead atoms. The van der Waals surface area contributed by atoms with E-state index in [9.17, 15) is 4.79 Å². The summed E-state index contributed by atoms with van der Waals surface area (Å²) in [6.45, 7) is 2.01. The molecule has 0 radical (unpaired) electrons. The minimum absolute atomic E-state index is 0.0920. The first kappa shape index (κ1) is 16.4. The zero-order valence-corrected chi connectivity index (χ0v) is 15.3. The Morgan fingerprint density at radius 1 is 1.00 bits per heavy atom. The molecule has 0 saturated heterocycles. The Labute approximate surface area is 157 Å². The van der Waals surface area contributed by atoms with Gasteiger partial charge in [0.05, 0.1) is 5.69 Å². The monoisotopic (exact) mass is 408 g/mol. The minimum atomic E-state index is -0.278. The molecule has 2 heterocycles. The lowest BCUT2D eigenvalue weighted by Gasteiger charge is -2.05. The van der Waals surface area contributed by atoms with E-state index in [1.54, 1.807) is 10.9 Å². The maximum Gasteiger partial charge on any atom is 0.282 e. The first-order chi connectivity index (χ1) is 12.6. The number of aryl methyl sites for hydroxylation is 1. The molecule has 26 heavy (non-hydrogen) atoms. The lowest BCUT2D eigenvalue weighted by atomic mass is 10.2. The van der Waals surface area contributed by atoms with E-state index in [1.165, 1.54) is 6.07 Å². The van der Waals surface area contributed by atoms with Crippen molar-refractivity contribution < 1.29 is 4.52 Å². The van der Waals surface area contributed by atoms with Gasteiger partial charge in [0.1, 0.15) is 0 Å². The quantitative estimate of drug-likeness (QED) is 0.511. The third-order valence-corrected chi connectivity index (χ3v) is 4.37. The van der Waals surface area contributed by atoms with Crippen molar-refractivity contribution in [2.75, 3.05) is 0 Å². The van der Waals surface area contributed by atoms with Crippen molar-refractivity contribution in [2.45, 2.75) is 6.92 Å². The van der Waals surface area contributed by atoms with Crippen LogP contribution in [0.2, 0.25) is 0 Å². The third-order valence-electron chi connectivity index (χ3n) is 3.84. The highest BCUT2D eigenvalue weighted by Crippen LogP contribution is 2.21. The summed E-state index contributed by atoms with van der Waals surface area (Å²) in [7, 11) is 0. The van der Waals surface area contributed by atoms with E-state index >= 15 is 0 Å². The van der Waals surface area contributed by atoms with Crippen molar-refractivity contribution in [2.24, 2.45) is 0 Å². The molecule has 2 aromatic carbocycles. The average molecular weight is 409 g/mol. The van der Waals surface area contributed by atoms with Crippen LogP contribution in [0.3, 0.4) is 0 Å². The fourth-order valence-electron chi connectivity index (χ4n) is 2.43. The van der Waals surface area contributed by atoms with Crippen LogP contribution in [0, 0.1) is 6.92 Å². The van der Waals surface area contributed by atoms with Crippen molar-refractivity contribution in [1.29, 1.82) is 0 Å². The van der Waals surface area contributed by atoms with Crippen LogP contribution < -0.4 is 5.43 Å². The van der Waals surface area contributed by atoms with Gasteiger partial charge in [-0.2, -0.15) is 10.1 Å². The lowest BCUT2D eigenvalue weighted by molar-refractivity contribution is 0.429. The Hall–Kier alpha value is -3.06. The SMILES string of the molecule is Cc1ccc(-n2ccc(=O)c(-c3nc(-c4ccc(Br)cc4)no3)n2)cc1. The molecule has 0 spiro atoms. The van der Waals surface area contributed by atoms with Gasteiger partial charge in [-0.3, -0.25) is 4.79 Å². The highest BCUT2D eigenvalue weighted by atomic mass is 79.9. The van der Waals surface area contributed by atoms with Gasteiger partial charge in [0.15, 0.2) is 5.69 Å². The van der Waals surface area contributed by atoms with Gasteiger partial charge < -0.3 is 4.52 Å². The van der Waals surface area contributed by atoms with E-state index in [0.717, 1.165) is 21.3 Å². The molecule has 0 aliphatic carbocycles. The Morgan fingerprint density at radius 2 is 1.73 bits per heavy atom. The molecule has 0 aliphatic heterocycles. The van der Waals surface area contributed by atoms with E-state index in [1.807, 2.05) is 55.5 Å². The number of hydrogen-bond donors (Lipinski definition) is 0. The molecular weight excluding hydrogens is 396 g/mol. The Bertz CT molecular complexity index is 1120. The number of nitrogens with zero attached hydrogens (tertiary/aromatic N) is 4. The van der Waals surface area contributed by atoms with Gasteiger partial charge in [-0.15, -0.1) is 0 Å². The molecule has 7 heteroatoms. The molecule has 0 saturated carbocycles. The van der Waals surface area contributed by atoms with E-state index in [-0.39, 0.29) is 17.0 Å². The number of hydrogen-bond acceptors (Lipinski definition) is 5. The summed E-state index contributed by atoms with van der Waals surface area (Å²) in [6, 6.07) is 16.7. The van der Waals surface area contributed by atoms with Crippen LogP contribution in [0.1, 0.15) is 5.56 Å². The Morgan fingerprint density at radius 3 is 2.46 bits per heavy atom. The van der Waals surface area contributed by atoms with Crippen molar-refractivity contribution in [3.8, 4) is 28.7 Å². The van der Waals surface area contributed by atoms with Gasteiger partial charge in [0, 0.05) is 22.3 Å². The second-order valence-corrected chi connectivity index (χ2v) is 6.65. The summed E-state index contributed by atoms with van der Waals surface area (Å²) in [6.07, 6.45) is 1.61. The van der Waals surface area contributed by atoms with Crippen LogP contribution in [0.25, 0.3) is 28.7 Å². The number of benzene rings is 2. The maximum absolute atomic E-state index is 12.2. The first-order valence-electron chi connectivity index (χ1n) is 7.87. The van der Waals surface area contributed by atoms with Crippen molar-refractivity contribution in [1.82, 2.24) is 19.9 Å². The fraction of sp³-hybridized carbons (Fsp3) is 0.0526.